The van der Waals surface area contributed by atoms with Gasteiger partial charge in [-0.1, -0.05) is 39.8 Å². The van der Waals surface area contributed by atoms with Gasteiger partial charge in [0.15, 0.2) is 0 Å². The van der Waals surface area contributed by atoms with Crippen molar-refractivity contribution >= 4 is 27.7 Å². The number of benzene rings is 1. The quantitative estimate of drug-likeness (QED) is 0.847. The van der Waals surface area contributed by atoms with Gasteiger partial charge in [0, 0.05) is 10.5 Å². The maximum Gasteiger partial charge on any atom is 0.209 e. The summed E-state index contributed by atoms with van der Waals surface area (Å²) in [7, 11) is 0. The van der Waals surface area contributed by atoms with Crippen molar-refractivity contribution in [1.29, 1.82) is 0 Å². The van der Waals surface area contributed by atoms with Crippen LogP contribution in [0, 0.1) is 6.92 Å². The lowest BCUT2D eigenvalue weighted by Crippen LogP contribution is -2.22. The summed E-state index contributed by atoms with van der Waals surface area (Å²) in [5.41, 5.74) is 7.24. The van der Waals surface area contributed by atoms with E-state index in [-0.39, 0.29) is 11.3 Å². The molecule has 0 aliphatic heterocycles. The lowest BCUT2D eigenvalue weighted by atomic mass is 10.1. The Bertz CT molecular complexity index is 509. The molecule has 0 saturated heterocycles. The van der Waals surface area contributed by atoms with Crippen LogP contribution >= 0.6 is 27.7 Å². The number of rotatable bonds is 4. The molecular weight excluding hydrogens is 312 g/mol. The van der Waals surface area contributed by atoms with Crippen LogP contribution in [0.1, 0.15) is 23.6 Å². The third-order valence-corrected chi connectivity index (χ3v) is 4.36. The standard InChI is InChI=1S/C12H15BrN4S/c1-7(14)11(9-3-5-10(13)6-4-9)18-12-15-8(2)16-17-12/h3-7,11H,14H2,1-2H3,(H,15,16,17). The minimum Gasteiger partial charge on any atom is -0.327 e. The zero-order valence-corrected chi connectivity index (χ0v) is 12.6. The topological polar surface area (TPSA) is 67.6 Å². The van der Waals surface area contributed by atoms with Crippen molar-refractivity contribution in [3.63, 3.8) is 0 Å². The molecule has 3 N–H and O–H groups in total. The van der Waals surface area contributed by atoms with Crippen LogP contribution in [0.4, 0.5) is 0 Å². The molecule has 0 radical (unpaired) electrons. The highest BCUT2D eigenvalue weighted by Crippen LogP contribution is 2.35. The molecule has 0 aliphatic carbocycles. The van der Waals surface area contributed by atoms with E-state index >= 15 is 0 Å². The Kier molecular flexibility index (Phi) is 4.42. The number of nitrogens with two attached hydrogens (primary N) is 1. The molecule has 1 aromatic heterocycles. The van der Waals surface area contributed by atoms with Crippen molar-refractivity contribution in [1.82, 2.24) is 15.2 Å². The predicted molar refractivity (Wildman–Crippen MR) is 77.5 cm³/mol. The molecule has 4 nitrogen and oxygen atoms in total. The number of aryl methyl sites for hydroxylation is 1. The molecule has 0 bridgehead atoms. The van der Waals surface area contributed by atoms with E-state index in [0.29, 0.717) is 0 Å². The highest BCUT2D eigenvalue weighted by atomic mass is 79.9. The van der Waals surface area contributed by atoms with E-state index in [1.807, 2.05) is 26.0 Å². The minimum atomic E-state index is 0.0231. The fraction of sp³-hybridized carbons (Fsp3) is 0.333. The number of nitrogens with zero attached hydrogens (tertiary/aromatic N) is 2. The number of H-pyrrole nitrogens is 1. The molecule has 2 aromatic rings. The van der Waals surface area contributed by atoms with Crippen LogP contribution in [-0.2, 0) is 0 Å². The molecule has 6 heteroatoms. The maximum atomic E-state index is 6.06. The second-order valence-corrected chi connectivity index (χ2v) is 6.18. The molecule has 0 amide bonds. The molecular formula is C12H15BrN4S. The van der Waals surface area contributed by atoms with Gasteiger partial charge in [0.25, 0.3) is 0 Å². The molecule has 96 valence electrons. The highest BCUT2D eigenvalue weighted by Gasteiger charge is 2.19. The van der Waals surface area contributed by atoms with Crippen molar-refractivity contribution in [3.05, 3.63) is 40.1 Å². The van der Waals surface area contributed by atoms with Gasteiger partial charge in [0.2, 0.25) is 5.16 Å². The van der Waals surface area contributed by atoms with Crippen LogP contribution in [0.3, 0.4) is 0 Å². The van der Waals surface area contributed by atoms with Crippen LogP contribution in [0.15, 0.2) is 33.9 Å². The summed E-state index contributed by atoms with van der Waals surface area (Å²) >= 11 is 5.02. The minimum absolute atomic E-state index is 0.0231. The van der Waals surface area contributed by atoms with E-state index < -0.39 is 0 Å². The average Bonchev–Trinajstić information content (AvgIpc) is 2.73. The van der Waals surface area contributed by atoms with Crippen molar-refractivity contribution < 1.29 is 0 Å². The number of aromatic nitrogens is 3. The fourth-order valence-corrected chi connectivity index (χ4v) is 2.91. The highest BCUT2D eigenvalue weighted by molar-refractivity contribution is 9.10. The first kappa shape index (κ1) is 13.6. The number of hydrogen-bond donors (Lipinski definition) is 2. The average molecular weight is 327 g/mol. The molecule has 0 spiro atoms. The van der Waals surface area contributed by atoms with Gasteiger partial charge in [0.1, 0.15) is 5.82 Å². The van der Waals surface area contributed by atoms with E-state index in [4.69, 9.17) is 5.73 Å². The zero-order valence-electron chi connectivity index (χ0n) is 10.2. The maximum absolute atomic E-state index is 6.06. The summed E-state index contributed by atoms with van der Waals surface area (Å²) in [4.78, 5) is 4.31. The first-order valence-electron chi connectivity index (χ1n) is 5.63. The lowest BCUT2D eigenvalue weighted by Gasteiger charge is -2.19. The van der Waals surface area contributed by atoms with Gasteiger partial charge in [-0.05, 0) is 31.5 Å². The molecule has 2 unspecified atom stereocenters. The van der Waals surface area contributed by atoms with E-state index in [2.05, 4.69) is 43.2 Å². The Labute approximate surface area is 119 Å². The first-order valence-corrected chi connectivity index (χ1v) is 7.30. The smallest absolute Gasteiger partial charge is 0.209 e. The molecule has 0 fully saturated rings. The summed E-state index contributed by atoms with van der Waals surface area (Å²) < 4.78 is 1.06. The van der Waals surface area contributed by atoms with E-state index in [1.165, 1.54) is 5.56 Å². The van der Waals surface area contributed by atoms with Crippen LogP contribution in [0.25, 0.3) is 0 Å². The molecule has 1 aromatic carbocycles. The fourth-order valence-electron chi connectivity index (χ4n) is 1.62. The monoisotopic (exact) mass is 326 g/mol. The van der Waals surface area contributed by atoms with Gasteiger partial charge in [-0.25, -0.2) is 4.98 Å². The Morgan fingerprint density at radius 3 is 2.50 bits per heavy atom. The number of halogens is 1. The number of nitrogens with one attached hydrogen (secondary N) is 1. The van der Waals surface area contributed by atoms with Gasteiger partial charge >= 0.3 is 0 Å². The van der Waals surface area contributed by atoms with Crippen LogP contribution < -0.4 is 5.73 Å². The third-order valence-electron chi connectivity index (χ3n) is 2.49. The first-order chi connectivity index (χ1) is 8.56. The van der Waals surface area contributed by atoms with Gasteiger partial charge in [-0.2, -0.15) is 0 Å². The summed E-state index contributed by atoms with van der Waals surface area (Å²) in [5.74, 6) is 0.816. The third kappa shape index (κ3) is 3.34. The number of aromatic amines is 1. The van der Waals surface area contributed by atoms with Crippen LogP contribution in [0.5, 0.6) is 0 Å². The summed E-state index contributed by atoms with van der Waals surface area (Å²) in [6.45, 7) is 3.89. The molecule has 1 heterocycles. The summed E-state index contributed by atoms with van der Waals surface area (Å²) in [5, 5.41) is 7.87. The summed E-state index contributed by atoms with van der Waals surface area (Å²) in [6.07, 6.45) is 0. The van der Waals surface area contributed by atoms with Gasteiger partial charge in [0.05, 0.1) is 5.25 Å². The van der Waals surface area contributed by atoms with Gasteiger partial charge < -0.3 is 5.73 Å². The summed E-state index contributed by atoms with van der Waals surface area (Å²) in [6, 6.07) is 8.22. The Balaban J connectivity index is 2.20. The molecule has 0 aliphatic rings. The van der Waals surface area contributed by atoms with Gasteiger partial charge in [-0.15, -0.1) is 5.10 Å². The largest absolute Gasteiger partial charge is 0.327 e. The second-order valence-electron chi connectivity index (χ2n) is 4.15. The molecule has 0 saturated carbocycles. The van der Waals surface area contributed by atoms with Crippen LogP contribution in [-0.4, -0.2) is 21.2 Å². The zero-order chi connectivity index (χ0) is 13.1. The Hall–Kier alpha value is -0.850. The molecule has 2 rings (SSSR count). The van der Waals surface area contributed by atoms with Crippen molar-refractivity contribution in [2.75, 3.05) is 0 Å². The van der Waals surface area contributed by atoms with Crippen molar-refractivity contribution in [2.45, 2.75) is 30.3 Å². The van der Waals surface area contributed by atoms with E-state index in [0.717, 1.165) is 15.5 Å². The van der Waals surface area contributed by atoms with E-state index in [1.54, 1.807) is 11.8 Å². The molecule has 2 atom stereocenters. The number of hydrogen-bond acceptors (Lipinski definition) is 4. The predicted octanol–water partition coefficient (Wildman–Crippen LogP) is 3.06. The lowest BCUT2D eigenvalue weighted by molar-refractivity contribution is 0.718. The second kappa shape index (κ2) is 5.86. The van der Waals surface area contributed by atoms with Crippen molar-refractivity contribution in [2.24, 2.45) is 5.73 Å². The number of thioether (sulfide) groups is 1. The van der Waals surface area contributed by atoms with E-state index in [9.17, 15) is 0 Å². The van der Waals surface area contributed by atoms with Gasteiger partial charge in [-0.3, -0.25) is 5.10 Å². The Morgan fingerprint density at radius 2 is 2.00 bits per heavy atom. The van der Waals surface area contributed by atoms with Crippen LogP contribution in [0.2, 0.25) is 0 Å². The normalized spacial score (nSPS) is 14.4. The molecule has 18 heavy (non-hydrogen) atoms. The van der Waals surface area contributed by atoms with Crippen molar-refractivity contribution in [3.8, 4) is 0 Å². The SMILES string of the molecule is Cc1nc(SC(c2ccc(Br)cc2)C(C)N)n[nH]1. The Morgan fingerprint density at radius 1 is 1.33 bits per heavy atom.